The first kappa shape index (κ1) is 19.8. The maximum atomic E-state index is 12.3. The molecule has 0 fully saturated rings. The molecule has 2 aromatic heterocycles. The van der Waals surface area contributed by atoms with Gasteiger partial charge in [-0.1, -0.05) is 48.8 Å². The molecule has 0 unspecified atom stereocenters. The van der Waals surface area contributed by atoms with Crippen LogP contribution in [0.1, 0.15) is 13.8 Å². The SMILES string of the molecule is CC(C)Cn1c(SCC(=O)Nc2cc(Cl)cc(Cl)c2)nnc1-c1ccco1. The molecule has 1 amide bonds. The van der Waals surface area contributed by atoms with Crippen LogP contribution >= 0.6 is 35.0 Å². The Balaban J connectivity index is 1.70. The van der Waals surface area contributed by atoms with Gasteiger partial charge >= 0.3 is 0 Å². The highest BCUT2D eigenvalue weighted by Crippen LogP contribution is 2.26. The predicted molar refractivity (Wildman–Crippen MR) is 108 cm³/mol. The molecule has 0 atom stereocenters. The van der Waals surface area contributed by atoms with Gasteiger partial charge in [0.05, 0.1) is 12.0 Å². The van der Waals surface area contributed by atoms with Crippen molar-refractivity contribution in [3.63, 3.8) is 0 Å². The van der Waals surface area contributed by atoms with Crippen LogP contribution in [0, 0.1) is 5.92 Å². The average Bonchev–Trinajstić information content (AvgIpc) is 3.21. The number of nitrogens with zero attached hydrogens (tertiary/aromatic N) is 3. The number of hydrogen-bond donors (Lipinski definition) is 1. The van der Waals surface area contributed by atoms with Crippen LogP contribution in [0.3, 0.4) is 0 Å². The number of carbonyl (C=O) groups is 1. The summed E-state index contributed by atoms with van der Waals surface area (Å²) in [5, 5.41) is 12.8. The number of nitrogens with one attached hydrogen (secondary N) is 1. The zero-order valence-electron chi connectivity index (χ0n) is 14.8. The summed E-state index contributed by atoms with van der Waals surface area (Å²) in [7, 11) is 0. The van der Waals surface area contributed by atoms with Gasteiger partial charge in [-0.3, -0.25) is 9.36 Å². The monoisotopic (exact) mass is 424 g/mol. The summed E-state index contributed by atoms with van der Waals surface area (Å²) >= 11 is 13.2. The van der Waals surface area contributed by atoms with E-state index in [9.17, 15) is 4.79 Å². The van der Waals surface area contributed by atoms with Crippen molar-refractivity contribution in [2.24, 2.45) is 5.92 Å². The minimum Gasteiger partial charge on any atom is -0.461 e. The topological polar surface area (TPSA) is 73.0 Å². The van der Waals surface area contributed by atoms with Gasteiger partial charge in [0.2, 0.25) is 5.91 Å². The van der Waals surface area contributed by atoms with E-state index < -0.39 is 0 Å². The van der Waals surface area contributed by atoms with Crippen molar-refractivity contribution >= 4 is 46.6 Å². The summed E-state index contributed by atoms with van der Waals surface area (Å²) in [6.45, 7) is 4.93. The predicted octanol–water partition coefficient (Wildman–Crippen LogP) is 5.23. The molecule has 0 aliphatic rings. The molecule has 0 aliphatic carbocycles. The first-order chi connectivity index (χ1) is 12.9. The van der Waals surface area contributed by atoms with Crippen LogP contribution < -0.4 is 5.32 Å². The Bertz CT molecular complexity index is 905. The van der Waals surface area contributed by atoms with E-state index in [1.807, 2.05) is 10.6 Å². The first-order valence-electron chi connectivity index (χ1n) is 8.28. The van der Waals surface area contributed by atoms with E-state index in [4.69, 9.17) is 27.6 Å². The highest BCUT2D eigenvalue weighted by atomic mass is 35.5. The Kier molecular flexibility index (Phi) is 6.46. The molecule has 27 heavy (non-hydrogen) atoms. The average molecular weight is 425 g/mol. The van der Waals surface area contributed by atoms with E-state index in [1.165, 1.54) is 11.8 Å². The molecule has 0 saturated carbocycles. The van der Waals surface area contributed by atoms with E-state index in [1.54, 1.807) is 30.5 Å². The number of rotatable bonds is 7. The molecular weight excluding hydrogens is 407 g/mol. The van der Waals surface area contributed by atoms with Gasteiger partial charge in [0, 0.05) is 22.3 Å². The molecule has 0 spiro atoms. The number of aromatic nitrogens is 3. The van der Waals surface area contributed by atoms with Gasteiger partial charge in [0.25, 0.3) is 0 Å². The number of anilines is 1. The maximum Gasteiger partial charge on any atom is 0.234 e. The van der Waals surface area contributed by atoms with E-state index in [2.05, 4.69) is 29.4 Å². The normalized spacial score (nSPS) is 11.1. The summed E-state index contributed by atoms with van der Waals surface area (Å²) < 4.78 is 7.42. The zero-order chi connectivity index (χ0) is 19.4. The third kappa shape index (κ3) is 5.28. The Morgan fingerprint density at radius 2 is 2.00 bits per heavy atom. The summed E-state index contributed by atoms with van der Waals surface area (Å²) in [5.41, 5.74) is 0.554. The van der Waals surface area contributed by atoms with E-state index in [0.29, 0.717) is 38.4 Å². The number of halogens is 2. The second-order valence-corrected chi connectivity index (χ2v) is 8.10. The van der Waals surface area contributed by atoms with Gasteiger partial charge in [-0.15, -0.1) is 10.2 Å². The maximum absolute atomic E-state index is 12.3. The lowest BCUT2D eigenvalue weighted by molar-refractivity contribution is -0.113. The number of hydrogen-bond acceptors (Lipinski definition) is 5. The molecule has 9 heteroatoms. The van der Waals surface area contributed by atoms with E-state index in [-0.39, 0.29) is 11.7 Å². The first-order valence-corrected chi connectivity index (χ1v) is 10.0. The lowest BCUT2D eigenvalue weighted by Crippen LogP contribution is -2.15. The molecule has 0 bridgehead atoms. The largest absolute Gasteiger partial charge is 0.461 e. The fourth-order valence-corrected chi connectivity index (χ4v) is 3.74. The van der Waals surface area contributed by atoms with Gasteiger partial charge in [-0.2, -0.15) is 0 Å². The third-order valence-corrected chi connectivity index (χ3v) is 4.89. The molecular formula is C18H18Cl2N4O2S. The van der Waals surface area contributed by atoms with Crippen molar-refractivity contribution in [2.75, 3.05) is 11.1 Å². The Labute approximate surface area is 171 Å². The van der Waals surface area contributed by atoms with Gasteiger partial charge in [0.15, 0.2) is 16.7 Å². The summed E-state index contributed by atoms with van der Waals surface area (Å²) in [6, 6.07) is 8.54. The smallest absolute Gasteiger partial charge is 0.234 e. The van der Waals surface area contributed by atoms with Crippen molar-refractivity contribution < 1.29 is 9.21 Å². The van der Waals surface area contributed by atoms with Crippen molar-refractivity contribution in [3.8, 4) is 11.6 Å². The van der Waals surface area contributed by atoms with Crippen LogP contribution in [0.15, 0.2) is 46.2 Å². The van der Waals surface area contributed by atoms with Crippen LogP contribution in [-0.4, -0.2) is 26.4 Å². The standard InChI is InChI=1S/C18H18Cl2N4O2S/c1-11(2)9-24-17(15-4-3-5-26-15)22-23-18(24)27-10-16(25)21-14-7-12(19)6-13(20)8-14/h3-8,11H,9-10H2,1-2H3,(H,21,25). The molecule has 2 heterocycles. The van der Waals surface area contributed by atoms with Gasteiger partial charge in [-0.25, -0.2) is 0 Å². The third-order valence-electron chi connectivity index (χ3n) is 3.48. The van der Waals surface area contributed by atoms with Crippen LogP contribution in [0.25, 0.3) is 11.6 Å². The highest BCUT2D eigenvalue weighted by Gasteiger charge is 2.18. The summed E-state index contributed by atoms with van der Waals surface area (Å²) in [6.07, 6.45) is 1.60. The molecule has 1 aromatic carbocycles. The minimum absolute atomic E-state index is 0.179. The quantitative estimate of drug-likeness (QED) is 0.525. The fourth-order valence-electron chi connectivity index (χ4n) is 2.47. The van der Waals surface area contributed by atoms with Crippen molar-refractivity contribution in [2.45, 2.75) is 25.5 Å². The zero-order valence-corrected chi connectivity index (χ0v) is 17.1. The number of carbonyl (C=O) groups excluding carboxylic acids is 1. The Hall–Kier alpha value is -1.96. The van der Waals surface area contributed by atoms with Gasteiger partial charge in [-0.05, 0) is 36.2 Å². The molecule has 3 rings (SSSR count). The van der Waals surface area contributed by atoms with Crippen LogP contribution in [-0.2, 0) is 11.3 Å². The number of amides is 1. The van der Waals surface area contributed by atoms with E-state index >= 15 is 0 Å². The lowest BCUT2D eigenvalue weighted by atomic mass is 10.2. The molecule has 0 aliphatic heterocycles. The highest BCUT2D eigenvalue weighted by molar-refractivity contribution is 7.99. The number of thioether (sulfide) groups is 1. The van der Waals surface area contributed by atoms with Crippen LogP contribution in [0.5, 0.6) is 0 Å². The lowest BCUT2D eigenvalue weighted by Gasteiger charge is -2.11. The fraction of sp³-hybridized carbons (Fsp3) is 0.278. The Morgan fingerprint density at radius 1 is 1.26 bits per heavy atom. The summed E-state index contributed by atoms with van der Waals surface area (Å²) in [4.78, 5) is 12.3. The number of benzene rings is 1. The van der Waals surface area contributed by atoms with Crippen molar-refractivity contribution in [3.05, 3.63) is 46.6 Å². The van der Waals surface area contributed by atoms with Gasteiger partial charge < -0.3 is 9.73 Å². The second kappa shape index (κ2) is 8.82. The molecule has 1 N–H and O–H groups in total. The van der Waals surface area contributed by atoms with Crippen LogP contribution in [0.2, 0.25) is 10.0 Å². The minimum atomic E-state index is -0.183. The van der Waals surface area contributed by atoms with Crippen LogP contribution in [0.4, 0.5) is 5.69 Å². The molecule has 6 nitrogen and oxygen atoms in total. The summed E-state index contributed by atoms with van der Waals surface area (Å²) in [5.74, 6) is 1.68. The molecule has 142 valence electrons. The van der Waals surface area contributed by atoms with Crippen molar-refractivity contribution in [1.29, 1.82) is 0 Å². The van der Waals surface area contributed by atoms with E-state index in [0.717, 1.165) is 6.54 Å². The van der Waals surface area contributed by atoms with Gasteiger partial charge in [0.1, 0.15) is 0 Å². The number of furan rings is 1. The Morgan fingerprint density at radius 3 is 2.63 bits per heavy atom. The molecule has 3 aromatic rings. The molecule has 0 saturated heterocycles. The van der Waals surface area contributed by atoms with Crippen molar-refractivity contribution in [1.82, 2.24) is 14.8 Å². The molecule has 0 radical (unpaired) electrons. The second-order valence-electron chi connectivity index (χ2n) is 6.28.